The van der Waals surface area contributed by atoms with E-state index < -0.39 is 49.3 Å². The predicted octanol–water partition coefficient (Wildman–Crippen LogP) is 4.75. The zero-order valence-electron chi connectivity index (χ0n) is 22.8. The molecule has 2 N–H and O–H groups in total. The van der Waals surface area contributed by atoms with Crippen molar-refractivity contribution in [1.82, 2.24) is 10.6 Å². The lowest BCUT2D eigenvalue weighted by atomic mass is 9.94. The number of methoxy groups -OCH3 is 1. The third-order valence-electron chi connectivity index (χ3n) is 5.19. The Morgan fingerprint density at radius 2 is 1.27 bits per heavy atom. The smallest absolute Gasteiger partial charge is 0.408 e. The van der Waals surface area contributed by atoms with Crippen LogP contribution in [0.3, 0.4) is 0 Å². The molecule has 0 spiro atoms. The van der Waals surface area contributed by atoms with Crippen LogP contribution in [0.1, 0.15) is 75.7 Å². The van der Waals surface area contributed by atoms with Gasteiger partial charge in [-0.15, -0.1) is 0 Å². The summed E-state index contributed by atoms with van der Waals surface area (Å²) in [5.41, 5.74) is -2.50. The summed E-state index contributed by atoms with van der Waals surface area (Å²) in [5, 5.41) is 5.34. The first-order valence-corrected chi connectivity index (χ1v) is 14.1. The van der Waals surface area contributed by atoms with Gasteiger partial charge in [0.2, 0.25) is 0 Å². The van der Waals surface area contributed by atoms with E-state index in [1.165, 1.54) is 7.11 Å². The standard InChI is InChI=1S/C23H46N2O7Si/c1-20(2,3)31-18(27)24-16(17(26)29-11)14-23(10,25-19(28)32-21(4,5)6)15-30-33(12,13)22(7,8)9/h16H,14-15H2,1-13H3,(H,24,27)(H,25,28)/t16-,23-/m0/s1. The quantitative estimate of drug-likeness (QED) is 0.287. The molecule has 0 aliphatic rings. The molecule has 0 aliphatic carbocycles. The average molecular weight is 491 g/mol. The van der Waals surface area contributed by atoms with Crippen LogP contribution < -0.4 is 10.6 Å². The van der Waals surface area contributed by atoms with Gasteiger partial charge in [-0.25, -0.2) is 14.4 Å². The molecule has 2 amide bonds. The van der Waals surface area contributed by atoms with E-state index in [1.54, 1.807) is 48.5 Å². The molecule has 0 aromatic heterocycles. The number of carbonyl (C=O) groups is 3. The van der Waals surface area contributed by atoms with E-state index >= 15 is 0 Å². The van der Waals surface area contributed by atoms with Crippen LogP contribution in [-0.4, -0.2) is 63.0 Å². The summed E-state index contributed by atoms with van der Waals surface area (Å²) in [6.45, 7) is 22.8. The Hall–Kier alpha value is -1.81. The summed E-state index contributed by atoms with van der Waals surface area (Å²) in [5.74, 6) is -0.662. The van der Waals surface area contributed by atoms with Crippen molar-refractivity contribution in [2.45, 2.75) is 117 Å². The molecule has 194 valence electrons. The van der Waals surface area contributed by atoms with Gasteiger partial charge >= 0.3 is 18.2 Å². The molecule has 0 rings (SSSR count). The van der Waals surface area contributed by atoms with Crippen molar-refractivity contribution in [3.8, 4) is 0 Å². The molecule has 9 nitrogen and oxygen atoms in total. The lowest BCUT2D eigenvalue weighted by molar-refractivity contribution is -0.143. The summed E-state index contributed by atoms with van der Waals surface area (Å²) in [6, 6.07) is -1.08. The second-order valence-electron chi connectivity index (χ2n) is 12.2. The zero-order valence-corrected chi connectivity index (χ0v) is 23.8. The van der Waals surface area contributed by atoms with Crippen LogP contribution in [0, 0.1) is 0 Å². The van der Waals surface area contributed by atoms with Gasteiger partial charge in [-0.1, -0.05) is 20.8 Å². The van der Waals surface area contributed by atoms with E-state index in [4.69, 9.17) is 18.6 Å². The Labute approximate surface area is 200 Å². The molecule has 0 aromatic carbocycles. The van der Waals surface area contributed by atoms with Gasteiger partial charge in [-0.3, -0.25) is 0 Å². The highest BCUT2D eigenvalue weighted by Gasteiger charge is 2.42. The predicted molar refractivity (Wildman–Crippen MR) is 131 cm³/mol. The SMILES string of the molecule is COC(=O)[C@H](C[C@@](C)(CO[Si](C)(C)C(C)(C)C)NC(=O)OC(C)(C)C)NC(=O)OC(C)(C)C. The molecule has 0 unspecified atom stereocenters. The van der Waals surface area contributed by atoms with Crippen molar-refractivity contribution in [2.75, 3.05) is 13.7 Å². The van der Waals surface area contributed by atoms with E-state index in [0.29, 0.717) is 0 Å². The van der Waals surface area contributed by atoms with Gasteiger partial charge in [-0.2, -0.15) is 0 Å². The van der Waals surface area contributed by atoms with Crippen molar-refractivity contribution in [3.05, 3.63) is 0 Å². The second-order valence-corrected chi connectivity index (χ2v) is 17.0. The summed E-state index contributed by atoms with van der Waals surface area (Å²) >= 11 is 0. The molecule has 0 radical (unpaired) electrons. The molecule has 0 aromatic rings. The van der Waals surface area contributed by atoms with Crippen LogP contribution in [0.25, 0.3) is 0 Å². The van der Waals surface area contributed by atoms with Gasteiger partial charge in [-0.05, 0) is 66.6 Å². The van der Waals surface area contributed by atoms with Gasteiger partial charge in [0.15, 0.2) is 8.32 Å². The number of esters is 1. The van der Waals surface area contributed by atoms with E-state index in [0.717, 1.165) is 0 Å². The lowest BCUT2D eigenvalue weighted by Crippen LogP contribution is -2.58. The highest BCUT2D eigenvalue weighted by atomic mass is 28.4. The first-order chi connectivity index (χ1) is 14.5. The third-order valence-corrected chi connectivity index (χ3v) is 9.67. The minimum Gasteiger partial charge on any atom is -0.467 e. The highest BCUT2D eigenvalue weighted by Crippen LogP contribution is 2.37. The zero-order chi connectivity index (χ0) is 26.5. The minimum atomic E-state index is -2.18. The van der Waals surface area contributed by atoms with Crippen LogP contribution in [0.2, 0.25) is 18.1 Å². The molecular weight excluding hydrogens is 444 g/mol. The average Bonchev–Trinajstić information content (AvgIpc) is 2.54. The van der Waals surface area contributed by atoms with Crippen molar-refractivity contribution >= 4 is 26.5 Å². The maximum atomic E-state index is 12.6. The Kier molecular flexibility index (Phi) is 10.5. The fraction of sp³-hybridized carbons (Fsp3) is 0.870. The van der Waals surface area contributed by atoms with Gasteiger partial charge in [0, 0.05) is 6.42 Å². The first kappa shape index (κ1) is 31.2. The topological polar surface area (TPSA) is 112 Å². The third kappa shape index (κ3) is 12.3. The normalized spacial score (nSPS) is 15.7. The molecule has 2 atom stereocenters. The summed E-state index contributed by atoms with van der Waals surface area (Å²) < 4.78 is 22.0. The van der Waals surface area contributed by atoms with E-state index in [2.05, 4.69) is 44.5 Å². The van der Waals surface area contributed by atoms with Gasteiger partial charge < -0.3 is 29.3 Å². The monoisotopic (exact) mass is 490 g/mol. The molecule has 10 heteroatoms. The number of hydrogen-bond donors (Lipinski definition) is 2. The first-order valence-electron chi connectivity index (χ1n) is 11.2. The highest BCUT2D eigenvalue weighted by molar-refractivity contribution is 6.74. The summed E-state index contributed by atoms with van der Waals surface area (Å²) in [7, 11) is -0.950. The Morgan fingerprint density at radius 1 is 0.818 bits per heavy atom. The number of nitrogens with one attached hydrogen (secondary N) is 2. The van der Waals surface area contributed by atoms with Crippen LogP contribution >= 0.6 is 0 Å². The van der Waals surface area contributed by atoms with Crippen molar-refractivity contribution in [1.29, 1.82) is 0 Å². The number of amides is 2. The maximum absolute atomic E-state index is 12.6. The molecule has 0 saturated heterocycles. The second kappa shape index (κ2) is 11.1. The van der Waals surface area contributed by atoms with Crippen molar-refractivity contribution in [3.63, 3.8) is 0 Å². The minimum absolute atomic E-state index is 0.00673. The number of rotatable bonds is 8. The molecule has 0 heterocycles. The molecule has 0 fully saturated rings. The van der Waals surface area contributed by atoms with Crippen LogP contribution in [0.5, 0.6) is 0 Å². The molecule has 0 aliphatic heterocycles. The molecule has 0 bridgehead atoms. The van der Waals surface area contributed by atoms with Gasteiger partial charge in [0.25, 0.3) is 0 Å². The van der Waals surface area contributed by atoms with Crippen LogP contribution in [0.4, 0.5) is 9.59 Å². The maximum Gasteiger partial charge on any atom is 0.408 e. The fourth-order valence-corrected chi connectivity index (χ4v) is 3.60. The van der Waals surface area contributed by atoms with Crippen molar-refractivity contribution < 1.29 is 33.0 Å². The largest absolute Gasteiger partial charge is 0.467 e. The summed E-state index contributed by atoms with van der Waals surface area (Å²) in [6.07, 6.45) is -1.40. The lowest BCUT2D eigenvalue weighted by Gasteiger charge is -2.41. The Morgan fingerprint density at radius 3 is 1.67 bits per heavy atom. The fourth-order valence-electron chi connectivity index (χ4n) is 2.49. The van der Waals surface area contributed by atoms with Crippen molar-refractivity contribution in [2.24, 2.45) is 0 Å². The van der Waals surface area contributed by atoms with Crippen LogP contribution in [0.15, 0.2) is 0 Å². The number of ether oxygens (including phenoxy) is 3. The summed E-state index contributed by atoms with van der Waals surface area (Å²) in [4.78, 5) is 37.5. The number of hydrogen-bond acceptors (Lipinski definition) is 7. The van der Waals surface area contributed by atoms with Crippen LogP contribution in [-0.2, 0) is 23.4 Å². The Balaban J connectivity index is 5.86. The van der Waals surface area contributed by atoms with E-state index in [9.17, 15) is 14.4 Å². The molecule has 0 saturated carbocycles. The number of alkyl carbamates (subject to hydrolysis) is 2. The Bertz CT molecular complexity index is 690. The molecule has 33 heavy (non-hydrogen) atoms. The van der Waals surface area contributed by atoms with E-state index in [-0.39, 0.29) is 18.1 Å². The van der Waals surface area contributed by atoms with Gasteiger partial charge in [0.05, 0.1) is 19.3 Å². The number of carbonyl (C=O) groups excluding carboxylic acids is 3. The molecular formula is C23H46N2O7Si. The van der Waals surface area contributed by atoms with Gasteiger partial charge in [0.1, 0.15) is 17.2 Å². The van der Waals surface area contributed by atoms with E-state index in [1.807, 2.05) is 0 Å².